The first-order valence-corrected chi connectivity index (χ1v) is 10.3. The molecular weight excluding hydrogens is 499 g/mol. The van der Waals surface area contributed by atoms with Crippen LogP contribution >= 0.6 is 24.0 Å². The average molecular weight is 534 g/mol. The number of halogens is 1. The van der Waals surface area contributed by atoms with Crippen molar-refractivity contribution in [3.8, 4) is 5.75 Å². The monoisotopic (exact) mass is 534 g/mol. The molecule has 9 heteroatoms. The first kappa shape index (κ1) is 26.3. The summed E-state index contributed by atoms with van der Waals surface area (Å²) < 4.78 is 16.2. The summed E-state index contributed by atoms with van der Waals surface area (Å²) in [6, 6.07) is 6.25. The quantitative estimate of drug-likeness (QED) is 0.219. The number of guanidine groups is 1. The van der Waals surface area contributed by atoms with Crippen LogP contribution in [-0.4, -0.2) is 62.5 Å². The van der Waals surface area contributed by atoms with E-state index in [1.165, 1.54) is 0 Å². The Balaban J connectivity index is 0.00000450. The van der Waals surface area contributed by atoms with E-state index in [9.17, 15) is 4.79 Å². The Morgan fingerprint density at radius 2 is 1.97 bits per heavy atom. The molecule has 1 saturated heterocycles. The van der Waals surface area contributed by atoms with Crippen LogP contribution in [0.5, 0.6) is 5.75 Å². The molecule has 1 heterocycles. The summed E-state index contributed by atoms with van der Waals surface area (Å²) in [6.07, 6.45) is 1.38. The first-order valence-electron chi connectivity index (χ1n) is 10.3. The Morgan fingerprint density at radius 1 is 1.23 bits per heavy atom. The lowest BCUT2D eigenvalue weighted by Gasteiger charge is -2.31. The first-order chi connectivity index (χ1) is 14.0. The van der Waals surface area contributed by atoms with Crippen LogP contribution < -0.4 is 15.8 Å². The van der Waals surface area contributed by atoms with Gasteiger partial charge in [0.25, 0.3) is 0 Å². The van der Waals surface area contributed by atoms with Crippen molar-refractivity contribution in [1.29, 1.82) is 0 Å². The van der Waals surface area contributed by atoms with Gasteiger partial charge in [-0.05, 0) is 45.2 Å². The lowest BCUT2D eigenvalue weighted by atomic mass is 10.1. The SMILES string of the molecule is CCOCCOc1cc(C)ccc1CN=C(N)NC1CCN(C(=O)OCC)CC1.I. The van der Waals surface area contributed by atoms with Crippen molar-refractivity contribution in [1.82, 2.24) is 10.2 Å². The molecule has 0 saturated carbocycles. The third-order valence-electron chi connectivity index (χ3n) is 4.70. The lowest BCUT2D eigenvalue weighted by molar-refractivity contribution is 0.0963. The summed E-state index contributed by atoms with van der Waals surface area (Å²) in [7, 11) is 0. The van der Waals surface area contributed by atoms with Crippen molar-refractivity contribution in [2.75, 3.05) is 39.5 Å². The Kier molecular flexibility index (Phi) is 12.5. The standard InChI is InChI=1S/C21H34N4O4.HI/c1-4-27-12-13-29-19-14-16(3)6-7-17(19)15-23-20(22)24-18-8-10-25(11-9-18)21(26)28-5-2;/h6-7,14,18H,4-5,8-13,15H2,1-3H3,(H3,22,23,24);1H. The predicted octanol–water partition coefficient (Wildman–Crippen LogP) is 3.05. The van der Waals surface area contributed by atoms with Crippen LogP contribution in [0.15, 0.2) is 23.2 Å². The molecule has 1 fully saturated rings. The Morgan fingerprint density at radius 3 is 2.63 bits per heavy atom. The number of piperidine rings is 1. The van der Waals surface area contributed by atoms with Gasteiger partial charge in [0.2, 0.25) is 0 Å². The third kappa shape index (κ3) is 8.95. The van der Waals surface area contributed by atoms with Gasteiger partial charge >= 0.3 is 6.09 Å². The molecule has 8 nitrogen and oxygen atoms in total. The molecule has 1 aromatic rings. The maximum atomic E-state index is 11.8. The van der Waals surface area contributed by atoms with Crippen LogP contribution in [0.2, 0.25) is 0 Å². The molecular formula is C21H35IN4O4. The van der Waals surface area contributed by atoms with Gasteiger partial charge in [0, 0.05) is 31.3 Å². The third-order valence-corrected chi connectivity index (χ3v) is 4.70. The number of carbonyl (C=O) groups excluding carboxylic acids is 1. The number of aryl methyl sites for hydroxylation is 1. The summed E-state index contributed by atoms with van der Waals surface area (Å²) in [4.78, 5) is 18.0. The number of nitrogens with zero attached hydrogens (tertiary/aromatic N) is 2. The van der Waals surface area contributed by atoms with E-state index in [4.69, 9.17) is 19.9 Å². The molecule has 30 heavy (non-hydrogen) atoms. The van der Waals surface area contributed by atoms with Crippen molar-refractivity contribution < 1.29 is 19.0 Å². The number of hydrogen-bond donors (Lipinski definition) is 2. The van der Waals surface area contributed by atoms with Gasteiger partial charge in [-0.3, -0.25) is 0 Å². The highest BCUT2D eigenvalue weighted by atomic mass is 127. The highest BCUT2D eigenvalue weighted by Gasteiger charge is 2.23. The summed E-state index contributed by atoms with van der Waals surface area (Å²) >= 11 is 0. The summed E-state index contributed by atoms with van der Waals surface area (Å²) in [5.41, 5.74) is 8.20. The summed E-state index contributed by atoms with van der Waals surface area (Å²) in [5, 5.41) is 3.26. The zero-order valence-electron chi connectivity index (χ0n) is 18.2. The van der Waals surface area contributed by atoms with E-state index in [1.54, 1.807) is 4.90 Å². The largest absolute Gasteiger partial charge is 0.491 e. The van der Waals surface area contributed by atoms with Crippen LogP contribution in [0.25, 0.3) is 0 Å². The van der Waals surface area contributed by atoms with Crippen molar-refractivity contribution in [3.63, 3.8) is 0 Å². The normalized spacial score (nSPS) is 14.8. The summed E-state index contributed by atoms with van der Waals surface area (Å²) in [5.74, 6) is 1.21. The average Bonchev–Trinajstić information content (AvgIpc) is 2.71. The lowest BCUT2D eigenvalue weighted by Crippen LogP contribution is -2.48. The van der Waals surface area contributed by atoms with Crippen LogP contribution in [0.4, 0.5) is 4.79 Å². The summed E-state index contributed by atoms with van der Waals surface area (Å²) in [6.45, 7) is 9.67. The smallest absolute Gasteiger partial charge is 0.409 e. The number of aliphatic imine (C=N–C) groups is 1. The van der Waals surface area contributed by atoms with E-state index in [2.05, 4.69) is 10.3 Å². The van der Waals surface area contributed by atoms with Gasteiger partial charge in [-0.15, -0.1) is 24.0 Å². The van der Waals surface area contributed by atoms with Gasteiger partial charge in [0.1, 0.15) is 12.4 Å². The van der Waals surface area contributed by atoms with Gasteiger partial charge in [-0.25, -0.2) is 9.79 Å². The Labute approximate surface area is 196 Å². The van der Waals surface area contributed by atoms with Crippen molar-refractivity contribution in [2.24, 2.45) is 10.7 Å². The number of nitrogens with one attached hydrogen (secondary N) is 1. The van der Waals surface area contributed by atoms with Gasteiger partial charge in [0.05, 0.1) is 19.8 Å². The van der Waals surface area contributed by atoms with Crippen molar-refractivity contribution in [2.45, 2.75) is 46.2 Å². The van der Waals surface area contributed by atoms with Crippen LogP contribution in [0.3, 0.4) is 0 Å². The predicted molar refractivity (Wildman–Crippen MR) is 129 cm³/mol. The molecule has 1 aliphatic heterocycles. The molecule has 1 aromatic carbocycles. The molecule has 0 spiro atoms. The maximum absolute atomic E-state index is 11.8. The minimum absolute atomic E-state index is 0. The molecule has 170 valence electrons. The fourth-order valence-electron chi connectivity index (χ4n) is 3.13. The zero-order valence-corrected chi connectivity index (χ0v) is 20.5. The number of hydrogen-bond acceptors (Lipinski definition) is 5. The molecule has 0 unspecified atom stereocenters. The minimum Gasteiger partial charge on any atom is -0.491 e. The topological polar surface area (TPSA) is 98.4 Å². The van der Waals surface area contributed by atoms with Crippen molar-refractivity contribution >= 4 is 36.0 Å². The van der Waals surface area contributed by atoms with Gasteiger partial charge < -0.3 is 30.2 Å². The number of amides is 1. The fraction of sp³-hybridized carbons (Fsp3) is 0.619. The second-order valence-electron chi connectivity index (χ2n) is 6.96. The number of rotatable bonds is 9. The second kappa shape index (κ2) is 14.3. The molecule has 2 rings (SSSR count). The van der Waals surface area contributed by atoms with Crippen molar-refractivity contribution in [3.05, 3.63) is 29.3 Å². The van der Waals surface area contributed by atoms with Gasteiger partial charge in [0.15, 0.2) is 5.96 Å². The Bertz CT molecular complexity index is 679. The zero-order chi connectivity index (χ0) is 21.1. The molecule has 0 aliphatic carbocycles. The van der Waals surface area contributed by atoms with Crippen LogP contribution in [0, 0.1) is 6.92 Å². The van der Waals surface area contributed by atoms with Gasteiger partial charge in [-0.2, -0.15) is 0 Å². The molecule has 0 aromatic heterocycles. The maximum Gasteiger partial charge on any atom is 0.409 e. The van der Waals surface area contributed by atoms with E-state index in [0.29, 0.717) is 52.0 Å². The molecule has 3 N–H and O–H groups in total. The highest BCUT2D eigenvalue weighted by Crippen LogP contribution is 2.21. The Hall–Kier alpha value is -1.75. The highest BCUT2D eigenvalue weighted by molar-refractivity contribution is 14.0. The number of carbonyl (C=O) groups is 1. The molecule has 1 amide bonds. The van der Waals surface area contributed by atoms with Crippen LogP contribution in [0.1, 0.15) is 37.8 Å². The number of likely N-dealkylation sites (tertiary alicyclic amines) is 1. The van der Waals surface area contributed by atoms with Gasteiger partial charge in [-0.1, -0.05) is 12.1 Å². The molecule has 0 bridgehead atoms. The molecule has 1 aliphatic rings. The van der Waals surface area contributed by atoms with E-state index in [-0.39, 0.29) is 36.1 Å². The van der Waals surface area contributed by atoms with E-state index in [0.717, 1.165) is 29.7 Å². The van der Waals surface area contributed by atoms with E-state index < -0.39 is 0 Å². The second-order valence-corrected chi connectivity index (χ2v) is 6.96. The molecule has 0 radical (unpaired) electrons. The minimum atomic E-state index is -0.246. The number of ether oxygens (including phenoxy) is 3. The van der Waals surface area contributed by atoms with E-state index >= 15 is 0 Å². The number of benzene rings is 1. The fourth-order valence-corrected chi connectivity index (χ4v) is 3.13. The van der Waals surface area contributed by atoms with E-state index in [1.807, 2.05) is 39.0 Å². The van der Waals surface area contributed by atoms with Crippen LogP contribution in [-0.2, 0) is 16.0 Å². The molecule has 0 atom stereocenters. The number of nitrogens with two attached hydrogens (primary N) is 1.